The first-order chi connectivity index (χ1) is 9.10. The summed E-state index contributed by atoms with van der Waals surface area (Å²) in [4.78, 5) is 15.4. The highest BCUT2D eigenvalue weighted by Crippen LogP contribution is 2.19. The third kappa shape index (κ3) is 3.20. The summed E-state index contributed by atoms with van der Waals surface area (Å²) in [5.74, 6) is 0. The number of benzene rings is 1. The Kier molecular flexibility index (Phi) is 3.97. The van der Waals surface area contributed by atoms with Crippen LogP contribution in [-0.4, -0.2) is 18.2 Å². The minimum Gasteiger partial charge on any atom is -0.452 e. The molecule has 1 aromatic heterocycles. The zero-order valence-electron chi connectivity index (χ0n) is 11.2. The van der Waals surface area contributed by atoms with Crippen molar-refractivity contribution >= 4 is 17.0 Å². The Hall–Kier alpha value is -2.14. The van der Waals surface area contributed by atoms with Crippen LogP contribution >= 0.6 is 0 Å². The van der Waals surface area contributed by atoms with Crippen LogP contribution in [0.15, 0.2) is 30.3 Å². The smallest absolute Gasteiger partial charge is 0.421 e. The molecular formula is C14H17N3O2. The standard InChI is InChI=1S/C14H17N3O2/c1-9-4-5-12-8-11(6-7-13(12)15-9)10(2)16-17-14(18)19-3/h4-8,10,16H,1-3H3,(H,17,18). The van der Waals surface area contributed by atoms with Gasteiger partial charge in [-0.15, -0.1) is 0 Å². The molecule has 5 heteroatoms. The van der Waals surface area contributed by atoms with E-state index < -0.39 is 6.09 Å². The maximum Gasteiger partial charge on any atom is 0.421 e. The molecule has 2 N–H and O–H groups in total. The largest absolute Gasteiger partial charge is 0.452 e. The minimum absolute atomic E-state index is 0.0233. The van der Waals surface area contributed by atoms with Gasteiger partial charge in [-0.2, -0.15) is 0 Å². The van der Waals surface area contributed by atoms with Crippen LogP contribution in [0.5, 0.6) is 0 Å². The molecular weight excluding hydrogens is 242 g/mol. The minimum atomic E-state index is -0.509. The van der Waals surface area contributed by atoms with Gasteiger partial charge in [0.1, 0.15) is 0 Å². The average molecular weight is 259 g/mol. The molecule has 19 heavy (non-hydrogen) atoms. The van der Waals surface area contributed by atoms with E-state index in [2.05, 4.69) is 26.6 Å². The molecule has 1 amide bonds. The number of hydrogen-bond donors (Lipinski definition) is 2. The summed E-state index contributed by atoms with van der Waals surface area (Å²) >= 11 is 0. The molecule has 0 aliphatic heterocycles. The molecule has 0 aliphatic carbocycles. The number of nitrogens with zero attached hydrogens (tertiary/aromatic N) is 1. The lowest BCUT2D eigenvalue weighted by molar-refractivity contribution is 0.163. The first-order valence-electron chi connectivity index (χ1n) is 6.07. The van der Waals surface area contributed by atoms with E-state index in [9.17, 15) is 4.79 Å². The van der Waals surface area contributed by atoms with E-state index >= 15 is 0 Å². The Morgan fingerprint density at radius 3 is 2.84 bits per heavy atom. The van der Waals surface area contributed by atoms with E-state index in [1.54, 1.807) is 0 Å². The Balaban J connectivity index is 2.16. The average Bonchev–Trinajstić information content (AvgIpc) is 2.43. The van der Waals surface area contributed by atoms with E-state index in [0.717, 1.165) is 22.2 Å². The van der Waals surface area contributed by atoms with Crippen molar-refractivity contribution in [2.45, 2.75) is 19.9 Å². The van der Waals surface area contributed by atoms with Gasteiger partial charge in [0.05, 0.1) is 12.6 Å². The van der Waals surface area contributed by atoms with Gasteiger partial charge in [0, 0.05) is 17.1 Å². The molecule has 2 aromatic rings. The predicted octanol–water partition coefficient (Wildman–Crippen LogP) is 2.46. The van der Waals surface area contributed by atoms with Crippen molar-refractivity contribution in [3.05, 3.63) is 41.6 Å². The number of ether oxygens (including phenoxy) is 1. The topological polar surface area (TPSA) is 63.2 Å². The molecule has 100 valence electrons. The van der Waals surface area contributed by atoms with Crippen molar-refractivity contribution in [2.75, 3.05) is 7.11 Å². The summed E-state index contributed by atoms with van der Waals surface area (Å²) < 4.78 is 4.50. The lowest BCUT2D eigenvalue weighted by atomic mass is 10.1. The molecule has 0 spiro atoms. The highest BCUT2D eigenvalue weighted by molar-refractivity contribution is 5.79. The molecule has 0 saturated carbocycles. The Morgan fingerprint density at radius 2 is 2.11 bits per heavy atom. The number of aromatic nitrogens is 1. The van der Waals surface area contributed by atoms with E-state index in [0.29, 0.717) is 0 Å². The quantitative estimate of drug-likeness (QED) is 0.831. The van der Waals surface area contributed by atoms with E-state index in [1.165, 1.54) is 7.11 Å². The molecule has 1 atom stereocenters. The molecule has 0 saturated heterocycles. The number of fused-ring (bicyclic) bond motifs is 1. The fraction of sp³-hybridized carbons (Fsp3) is 0.286. The molecule has 1 unspecified atom stereocenters. The van der Waals surface area contributed by atoms with Gasteiger partial charge in [-0.25, -0.2) is 10.2 Å². The molecule has 1 heterocycles. The van der Waals surface area contributed by atoms with Crippen LogP contribution in [0.4, 0.5) is 4.79 Å². The maximum atomic E-state index is 11.0. The van der Waals surface area contributed by atoms with Crippen LogP contribution in [-0.2, 0) is 4.74 Å². The number of amides is 1. The number of methoxy groups -OCH3 is 1. The molecule has 1 aromatic carbocycles. The number of carbonyl (C=O) groups is 1. The molecule has 0 aliphatic rings. The van der Waals surface area contributed by atoms with Crippen LogP contribution in [0, 0.1) is 6.92 Å². The number of hydrazine groups is 1. The van der Waals surface area contributed by atoms with Gasteiger partial charge in [0.15, 0.2) is 0 Å². The van der Waals surface area contributed by atoms with Crippen molar-refractivity contribution in [1.29, 1.82) is 0 Å². The van der Waals surface area contributed by atoms with Crippen LogP contribution in [0.25, 0.3) is 10.9 Å². The number of pyridine rings is 1. The van der Waals surface area contributed by atoms with Gasteiger partial charge in [-0.05, 0) is 37.6 Å². The highest BCUT2D eigenvalue weighted by atomic mass is 16.5. The Bertz CT molecular complexity index is 598. The van der Waals surface area contributed by atoms with Gasteiger partial charge >= 0.3 is 6.09 Å². The van der Waals surface area contributed by atoms with Crippen LogP contribution in [0.1, 0.15) is 24.2 Å². The van der Waals surface area contributed by atoms with Crippen molar-refractivity contribution < 1.29 is 9.53 Å². The Labute approximate surface area is 112 Å². The summed E-state index contributed by atoms with van der Waals surface area (Å²) in [7, 11) is 1.33. The van der Waals surface area contributed by atoms with Gasteiger partial charge in [0.25, 0.3) is 0 Å². The second-order valence-electron chi connectivity index (χ2n) is 4.39. The number of nitrogens with one attached hydrogen (secondary N) is 2. The van der Waals surface area contributed by atoms with Crippen LogP contribution in [0.3, 0.4) is 0 Å². The summed E-state index contributed by atoms with van der Waals surface area (Å²) in [6.45, 7) is 3.93. The zero-order valence-corrected chi connectivity index (χ0v) is 11.2. The summed E-state index contributed by atoms with van der Waals surface area (Å²) in [6, 6.07) is 10.0. The Morgan fingerprint density at radius 1 is 1.32 bits per heavy atom. The monoisotopic (exact) mass is 259 g/mol. The summed E-state index contributed by atoms with van der Waals surface area (Å²) in [5, 5.41) is 1.08. The van der Waals surface area contributed by atoms with Crippen molar-refractivity contribution in [3.63, 3.8) is 0 Å². The van der Waals surface area contributed by atoms with E-state index in [1.807, 2.05) is 38.1 Å². The number of hydrogen-bond acceptors (Lipinski definition) is 4. The first-order valence-corrected chi connectivity index (χ1v) is 6.07. The van der Waals surface area contributed by atoms with E-state index in [-0.39, 0.29) is 6.04 Å². The molecule has 0 fully saturated rings. The van der Waals surface area contributed by atoms with Crippen LogP contribution < -0.4 is 10.9 Å². The third-order valence-electron chi connectivity index (χ3n) is 2.93. The fourth-order valence-electron chi connectivity index (χ4n) is 1.82. The lowest BCUT2D eigenvalue weighted by Crippen LogP contribution is -2.38. The van der Waals surface area contributed by atoms with Crippen molar-refractivity contribution in [3.8, 4) is 0 Å². The normalized spacial score (nSPS) is 12.2. The molecule has 5 nitrogen and oxygen atoms in total. The first kappa shape index (κ1) is 13.3. The molecule has 0 bridgehead atoms. The van der Waals surface area contributed by atoms with Crippen molar-refractivity contribution in [1.82, 2.24) is 15.8 Å². The van der Waals surface area contributed by atoms with Gasteiger partial charge in [-0.1, -0.05) is 12.1 Å². The lowest BCUT2D eigenvalue weighted by Gasteiger charge is -2.15. The van der Waals surface area contributed by atoms with Crippen molar-refractivity contribution in [2.24, 2.45) is 0 Å². The third-order valence-corrected chi connectivity index (χ3v) is 2.93. The summed E-state index contributed by atoms with van der Waals surface area (Å²) in [6.07, 6.45) is -0.509. The van der Waals surface area contributed by atoms with E-state index in [4.69, 9.17) is 0 Å². The number of rotatable bonds is 3. The van der Waals surface area contributed by atoms with Crippen LogP contribution in [0.2, 0.25) is 0 Å². The van der Waals surface area contributed by atoms with Gasteiger partial charge in [0.2, 0.25) is 0 Å². The SMILES string of the molecule is COC(=O)NNC(C)c1ccc2nc(C)ccc2c1. The zero-order chi connectivity index (χ0) is 13.8. The second-order valence-corrected chi connectivity index (χ2v) is 4.39. The molecule has 2 rings (SSSR count). The molecule has 0 radical (unpaired) electrons. The second kappa shape index (κ2) is 5.67. The van der Waals surface area contributed by atoms with Gasteiger partial charge in [-0.3, -0.25) is 10.4 Å². The maximum absolute atomic E-state index is 11.0. The predicted molar refractivity (Wildman–Crippen MR) is 73.6 cm³/mol. The number of carbonyl (C=O) groups excluding carboxylic acids is 1. The summed E-state index contributed by atoms with van der Waals surface area (Å²) in [5.41, 5.74) is 8.37. The van der Waals surface area contributed by atoms with Gasteiger partial charge < -0.3 is 4.74 Å². The highest BCUT2D eigenvalue weighted by Gasteiger charge is 2.07. The fourth-order valence-corrected chi connectivity index (χ4v) is 1.82. The number of aryl methyl sites for hydroxylation is 1.